The Labute approximate surface area is 230 Å². The molecule has 1 fully saturated rings. The largest absolute Gasteiger partial charge is 0.482 e. The van der Waals surface area contributed by atoms with Gasteiger partial charge in [0.2, 0.25) is 5.91 Å². The smallest absolute Gasteiger partial charge is 0.261 e. The number of carbonyl (C=O) groups is 2. The van der Waals surface area contributed by atoms with Crippen molar-refractivity contribution in [2.24, 2.45) is 0 Å². The Hall–Kier alpha value is -2.90. The summed E-state index contributed by atoms with van der Waals surface area (Å²) in [5, 5.41) is 3.53. The lowest BCUT2D eigenvalue weighted by molar-refractivity contribution is -0.143. The van der Waals surface area contributed by atoms with Crippen molar-refractivity contribution in [3.63, 3.8) is 0 Å². The Morgan fingerprint density at radius 2 is 1.73 bits per heavy atom. The fraction of sp³-hybridized carbons (Fsp3) is 0.310. The predicted molar refractivity (Wildman–Crippen MR) is 146 cm³/mol. The lowest BCUT2D eigenvalue weighted by Crippen LogP contribution is -2.53. The molecule has 0 saturated heterocycles. The molecule has 4 rings (SSSR count). The number of hydrogen-bond donors (Lipinski definition) is 1. The van der Waals surface area contributed by atoms with Crippen molar-refractivity contribution in [1.82, 2.24) is 10.2 Å². The van der Waals surface area contributed by atoms with Crippen molar-refractivity contribution < 1.29 is 18.7 Å². The topological polar surface area (TPSA) is 58.6 Å². The first kappa shape index (κ1) is 27.1. The first-order chi connectivity index (χ1) is 17.9. The summed E-state index contributed by atoms with van der Waals surface area (Å²) in [5.41, 5.74) is 1.64. The summed E-state index contributed by atoms with van der Waals surface area (Å²) in [7, 11) is 0. The van der Waals surface area contributed by atoms with Crippen LogP contribution in [0.1, 0.15) is 36.8 Å². The van der Waals surface area contributed by atoms with E-state index in [1.807, 2.05) is 30.3 Å². The van der Waals surface area contributed by atoms with Crippen LogP contribution in [0.3, 0.4) is 0 Å². The molecule has 0 heterocycles. The number of ether oxygens (including phenoxy) is 1. The van der Waals surface area contributed by atoms with E-state index in [9.17, 15) is 14.0 Å². The monoisotopic (exact) mass is 586 g/mol. The van der Waals surface area contributed by atoms with Crippen LogP contribution in [0, 0.1) is 5.82 Å². The van der Waals surface area contributed by atoms with Gasteiger partial charge < -0.3 is 15.0 Å². The van der Waals surface area contributed by atoms with E-state index in [0.717, 1.165) is 35.7 Å². The third-order valence-corrected chi connectivity index (χ3v) is 7.27. The molecule has 3 aromatic rings. The maximum atomic E-state index is 13.6. The molecule has 2 amide bonds. The molecule has 1 aliphatic rings. The molecule has 0 spiro atoms. The van der Waals surface area contributed by atoms with Gasteiger partial charge in [0, 0.05) is 23.5 Å². The molecule has 1 N–H and O–H groups in total. The van der Waals surface area contributed by atoms with Crippen molar-refractivity contribution in [2.45, 2.75) is 50.7 Å². The fourth-order valence-corrected chi connectivity index (χ4v) is 5.25. The molecule has 3 aromatic carbocycles. The highest BCUT2D eigenvalue weighted by Gasteiger charge is 2.32. The Kier molecular flexibility index (Phi) is 9.58. The van der Waals surface area contributed by atoms with Crippen LogP contribution in [0.25, 0.3) is 0 Å². The number of rotatable bonds is 10. The van der Waals surface area contributed by atoms with Gasteiger partial charge in [-0.15, -0.1) is 0 Å². The van der Waals surface area contributed by atoms with E-state index in [2.05, 4.69) is 21.2 Å². The van der Waals surface area contributed by atoms with E-state index in [4.69, 9.17) is 16.3 Å². The summed E-state index contributed by atoms with van der Waals surface area (Å²) in [6.07, 6.45) is 4.36. The van der Waals surface area contributed by atoms with Crippen molar-refractivity contribution in [3.05, 3.63) is 99.2 Å². The minimum absolute atomic E-state index is 0.103. The zero-order chi connectivity index (χ0) is 26.2. The molecular weight excluding hydrogens is 559 g/mol. The Balaban J connectivity index is 1.61. The minimum Gasteiger partial charge on any atom is -0.482 e. The minimum atomic E-state index is -0.774. The number of carbonyl (C=O) groups excluding carboxylic acids is 2. The number of hydrogen-bond acceptors (Lipinski definition) is 3. The van der Waals surface area contributed by atoms with E-state index < -0.39 is 6.04 Å². The number of nitrogens with zero attached hydrogens (tertiary/aromatic N) is 1. The van der Waals surface area contributed by atoms with Gasteiger partial charge in [0.25, 0.3) is 5.91 Å². The van der Waals surface area contributed by atoms with Gasteiger partial charge in [-0.3, -0.25) is 9.59 Å². The third kappa shape index (κ3) is 7.79. The van der Waals surface area contributed by atoms with Crippen LogP contribution in [0.2, 0.25) is 5.02 Å². The highest BCUT2D eigenvalue weighted by Crippen LogP contribution is 2.28. The maximum Gasteiger partial charge on any atom is 0.261 e. The molecule has 194 valence electrons. The number of nitrogens with one attached hydrogen (secondary N) is 1. The van der Waals surface area contributed by atoms with Crippen LogP contribution < -0.4 is 10.1 Å². The normalized spacial score (nSPS) is 14.2. The summed E-state index contributed by atoms with van der Waals surface area (Å²) >= 11 is 9.63. The summed E-state index contributed by atoms with van der Waals surface area (Å²) in [4.78, 5) is 28.8. The second-order valence-electron chi connectivity index (χ2n) is 9.21. The van der Waals surface area contributed by atoms with Crippen LogP contribution in [0.5, 0.6) is 5.75 Å². The van der Waals surface area contributed by atoms with Crippen molar-refractivity contribution >= 4 is 39.3 Å². The van der Waals surface area contributed by atoms with Crippen LogP contribution >= 0.6 is 27.5 Å². The molecule has 0 aromatic heterocycles. The average molecular weight is 588 g/mol. The second-order valence-corrected chi connectivity index (χ2v) is 10.5. The van der Waals surface area contributed by atoms with Gasteiger partial charge in [0.15, 0.2) is 6.61 Å². The summed E-state index contributed by atoms with van der Waals surface area (Å²) in [6, 6.07) is 20.0. The Morgan fingerprint density at radius 3 is 2.41 bits per heavy atom. The molecular formula is C29H29BrClFN2O3. The zero-order valence-electron chi connectivity index (χ0n) is 20.3. The molecule has 0 radical (unpaired) electrons. The fourth-order valence-electron chi connectivity index (χ4n) is 4.52. The first-order valence-corrected chi connectivity index (χ1v) is 13.5. The molecule has 1 aliphatic carbocycles. The molecule has 1 saturated carbocycles. The standard InChI is InChI=1S/C29H29BrClFN2O3/c30-22-12-15-27(25(31)17-22)37-19-28(35)34(18-21-10-13-23(32)14-11-21)26(16-20-6-2-1-3-7-20)29(36)33-24-8-4-5-9-24/h1-3,6-7,10-15,17,24,26H,4-5,8-9,16,18-19H2,(H,33,36)/t26-/m1/s1. The van der Waals surface area contributed by atoms with Gasteiger partial charge in [-0.1, -0.05) is 82.8 Å². The molecule has 0 aliphatic heterocycles. The van der Waals surface area contributed by atoms with E-state index in [1.54, 1.807) is 30.3 Å². The highest BCUT2D eigenvalue weighted by molar-refractivity contribution is 9.10. The number of benzene rings is 3. The summed E-state index contributed by atoms with van der Waals surface area (Å²) in [6.45, 7) is -0.170. The Bertz CT molecular complexity index is 1200. The second kappa shape index (κ2) is 13.1. The molecule has 0 bridgehead atoms. The molecule has 0 unspecified atom stereocenters. The lowest BCUT2D eigenvalue weighted by Gasteiger charge is -2.32. The third-order valence-electron chi connectivity index (χ3n) is 6.48. The van der Waals surface area contributed by atoms with Crippen molar-refractivity contribution in [3.8, 4) is 5.75 Å². The maximum absolute atomic E-state index is 13.6. The Morgan fingerprint density at radius 1 is 1.03 bits per heavy atom. The van der Waals surface area contributed by atoms with Gasteiger partial charge in [0.1, 0.15) is 17.6 Å². The van der Waals surface area contributed by atoms with Crippen LogP contribution in [0.4, 0.5) is 4.39 Å². The van der Waals surface area contributed by atoms with Crippen molar-refractivity contribution in [2.75, 3.05) is 6.61 Å². The average Bonchev–Trinajstić information content (AvgIpc) is 3.40. The number of amides is 2. The van der Waals surface area contributed by atoms with E-state index in [1.165, 1.54) is 17.0 Å². The molecule has 1 atom stereocenters. The van der Waals surface area contributed by atoms with Gasteiger partial charge in [0.05, 0.1) is 5.02 Å². The molecule has 8 heteroatoms. The number of halogens is 3. The van der Waals surface area contributed by atoms with Crippen LogP contribution in [-0.2, 0) is 22.6 Å². The SMILES string of the molecule is O=C(NC1CCCC1)[C@@H](Cc1ccccc1)N(Cc1ccc(F)cc1)C(=O)COc1ccc(Br)cc1Cl. The van der Waals surface area contributed by atoms with Gasteiger partial charge >= 0.3 is 0 Å². The zero-order valence-corrected chi connectivity index (χ0v) is 22.7. The molecule has 5 nitrogen and oxygen atoms in total. The lowest BCUT2D eigenvalue weighted by atomic mass is 10.0. The summed E-state index contributed by atoms with van der Waals surface area (Å²) in [5.74, 6) is -0.566. The highest BCUT2D eigenvalue weighted by atomic mass is 79.9. The van der Waals surface area contributed by atoms with E-state index in [0.29, 0.717) is 22.8 Å². The van der Waals surface area contributed by atoms with E-state index in [-0.39, 0.29) is 36.8 Å². The van der Waals surface area contributed by atoms with Gasteiger partial charge in [-0.2, -0.15) is 0 Å². The molecule has 37 heavy (non-hydrogen) atoms. The van der Waals surface area contributed by atoms with Crippen LogP contribution in [0.15, 0.2) is 77.3 Å². The van der Waals surface area contributed by atoms with Gasteiger partial charge in [-0.05, 0) is 54.3 Å². The van der Waals surface area contributed by atoms with Gasteiger partial charge in [-0.25, -0.2) is 4.39 Å². The van der Waals surface area contributed by atoms with Crippen LogP contribution in [-0.4, -0.2) is 35.4 Å². The predicted octanol–water partition coefficient (Wildman–Crippen LogP) is 6.32. The van der Waals surface area contributed by atoms with E-state index >= 15 is 0 Å². The quantitative estimate of drug-likeness (QED) is 0.302. The van der Waals surface area contributed by atoms with Crippen molar-refractivity contribution in [1.29, 1.82) is 0 Å². The summed E-state index contributed by atoms with van der Waals surface area (Å²) < 4.78 is 20.1. The first-order valence-electron chi connectivity index (χ1n) is 12.3.